The maximum atomic E-state index is 11.3. The second-order valence-corrected chi connectivity index (χ2v) is 3.92. The lowest BCUT2D eigenvalue weighted by Crippen LogP contribution is -2.36. The highest BCUT2D eigenvalue weighted by Gasteiger charge is 2.42. The van der Waals surface area contributed by atoms with E-state index in [0.29, 0.717) is 25.8 Å². The van der Waals surface area contributed by atoms with Crippen molar-refractivity contribution in [1.29, 1.82) is 0 Å². The number of aliphatic carboxylic acids is 1. The van der Waals surface area contributed by atoms with Crippen molar-refractivity contribution in [3.63, 3.8) is 0 Å². The number of nitrogens with one attached hydrogen (secondary N) is 1. The topological polar surface area (TPSA) is 117 Å². The van der Waals surface area contributed by atoms with Gasteiger partial charge in [0.05, 0.1) is 0 Å². The van der Waals surface area contributed by atoms with E-state index in [4.69, 9.17) is 10.8 Å². The summed E-state index contributed by atoms with van der Waals surface area (Å²) < 4.78 is 0. The Morgan fingerprint density at radius 1 is 1.44 bits per heavy atom. The van der Waals surface area contributed by atoms with Crippen molar-refractivity contribution in [3.05, 3.63) is 0 Å². The van der Waals surface area contributed by atoms with Crippen molar-refractivity contribution in [3.8, 4) is 0 Å². The average molecular weight is 228 g/mol. The molecule has 0 spiro atoms. The number of rotatable bonds is 7. The fourth-order valence-corrected chi connectivity index (χ4v) is 1.15. The van der Waals surface area contributed by atoms with Gasteiger partial charge in [-0.05, 0) is 26.2 Å². The molecule has 1 aliphatic rings. The summed E-state index contributed by atoms with van der Waals surface area (Å²) in [6.45, 7) is 2.12. The smallest absolute Gasteiger partial charge is 0.320 e. The Hall–Kier alpha value is -1.50. The summed E-state index contributed by atoms with van der Waals surface area (Å²) in [6, 6.07) is -0.818. The minimum Gasteiger partial charge on any atom is -0.480 e. The van der Waals surface area contributed by atoms with Gasteiger partial charge in [-0.2, -0.15) is 0 Å². The number of carboxylic acid groups (broad SMARTS) is 1. The van der Waals surface area contributed by atoms with Crippen LogP contribution in [0.2, 0.25) is 0 Å². The summed E-state index contributed by atoms with van der Waals surface area (Å²) in [6.07, 6.45) is 1.78. The van der Waals surface area contributed by atoms with Crippen LogP contribution in [0.3, 0.4) is 0 Å². The van der Waals surface area contributed by atoms with Crippen LogP contribution in [-0.4, -0.2) is 35.2 Å². The van der Waals surface area contributed by atoms with Gasteiger partial charge in [0, 0.05) is 6.54 Å². The van der Waals surface area contributed by atoms with E-state index in [1.54, 1.807) is 6.92 Å². The van der Waals surface area contributed by atoms with E-state index in [1.165, 1.54) is 0 Å². The molecule has 1 aliphatic heterocycles. The van der Waals surface area contributed by atoms with Crippen molar-refractivity contribution in [2.75, 3.05) is 6.54 Å². The van der Waals surface area contributed by atoms with Crippen LogP contribution in [0, 0.1) is 0 Å². The molecular weight excluding hydrogens is 212 g/mol. The molecule has 0 saturated carbocycles. The van der Waals surface area contributed by atoms with Gasteiger partial charge in [0.25, 0.3) is 11.6 Å². The Kier molecular flexibility index (Phi) is 3.94. The largest absolute Gasteiger partial charge is 0.480 e. The first-order valence-electron chi connectivity index (χ1n) is 5.16. The monoisotopic (exact) mass is 228 g/mol. The van der Waals surface area contributed by atoms with Crippen molar-refractivity contribution in [2.24, 2.45) is 16.0 Å². The van der Waals surface area contributed by atoms with Gasteiger partial charge >= 0.3 is 5.97 Å². The summed E-state index contributed by atoms with van der Waals surface area (Å²) in [5.74, 6) is -1.21. The molecule has 0 aromatic rings. The van der Waals surface area contributed by atoms with E-state index in [1.807, 2.05) is 0 Å². The lowest BCUT2D eigenvalue weighted by atomic mass is 10.1. The molecule has 90 valence electrons. The molecule has 0 bridgehead atoms. The first kappa shape index (κ1) is 12.6. The first-order valence-corrected chi connectivity index (χ1v) is 5.16. The number of amides is 1. The SMILES string of the molecule is CC1(C(=O)NCCCC[C@H](N)C(=O)O)N=N1. The fourth-order valence-electron chi connectivity index (χ4n) is 1.15. The number of carbonyl (C=O) groups is 2. The Balaban J connectivity index is 2.00. The van der Waals surface area contributed by atoms with Crippen LogP contribution in [0.4, 0.5) is 0 Å². The van der Waals surface area contributed by atoms with Gasteiger partial charge in [-0.3, -0.25) is 9.59 Å². The lowest BCUT2D eigenvalue weighted by Gasteiger charge is -2.08. The van der Waals surface area contributed by atoms with Crippen LogP contribution in [0.15, 0.2) is 10.2 Å². The second kappa shape index (κ2) is 5.02. The number of hydrogen-bond acceptors (Lipinski definition) is 5. The van der Waals surface area contributed by atoms with Crippen molar-refractivity contribution < 1.29 is 14.7 Å². The standard InChI is InChI=1S/C9H16N4O3/c1-9(12-13-9)8(16)11-5-3-2-4-6(10)7(14)15/h6H,2-5,10H2,1H3,(H,11,16)(H,14,15)/t6-/m0/s1. The zero-order valence-electron chi connectivity index (χ0n) is 9.14. The van der Waals surface area contributed by atoms with E-state index in [0.717, 1.165) is 0 Å². The van der Waals surface area contributed by atoms with Crippen LogP contribution < -0.4 is 11.1 Å². The molecule has 1 amide bonds. The molecule has 1 rings (SSSR count). The number of carbonyl (C=O) groups excluding carboxylic acids is 1. The summed E-state index contributed by atoms with van der Waals surface area (Å²) in [4.78, 5) is 21.7. The van der Waals surface area contributed by atoms with Crippen LogP contribution in [-0.2, 0) is 9.59 Å². The number of nitrogens with zero attached hydrogens (tertiary/aromatic N) is 2. The van der Waals surface area contributed by atoms with E-state index < -0.39 is 17.7 Å². The minimum absolute atomic E-state index is 0.213. The molecule has 0 aromatic carbocycles. The minimum atomic E-state index is -0.993. The molecule has 0 aromatic heterocycles. The molecule has 0 saturated heterocycles. The van der Waals surface area contributed by atoms with E-state index in [9.17, 15) is 9.59 Å². The maximum absolute atomic E-state index is 11.3. The molecule has 0 fully saturated rings. The van der Waals surface area contributed by atoms with Crippen LogP contribution in [0.25, 0.3) is 0 Å². The normalized spacial score (nSPS) is 17.9. The third-order valence-corrected chi connectivity index (χ3v) is 2.37. The van der Waals surface area contributed by atoms with Gasteiger partial charge in [0.1, 0.15) is 6.04 Å². The summed E-state index contributed by atoms with van der Waals surface area (Å²) in [7, 11) is 0. The number of unbranched alkanes of at least 4 members (excludes halogenated alkanes) is 1. The van der Waals surface area contributed by atoms with Gasteiger partial charge in [-0.1, -0.05) is 0 Å². The van der Waals surface area contributed by atoms with Crippen molar-refractivity contribution >= 4 is 11.9 Å². The molecule has 1 atom stereocenters. The van der Waals surface area contributed by atoms with Gasteiger partial charge in [-0.25, -0.2) is 0 Å². The number of hydrogen-bond donors (Lipinski definition) is 3. The predicted molar refractivity (Wildman–Crippen MR) is 55.7 cm³/mol. The molecule has 0 aliphatic carbocycles. The van der Waals surface area contributed by atoms with Gasteiger partial charge in [-0.15, -0.1) is 10.2 Å². The quantitative estimate of drug-likeness (QED) is 0.526. The van der Waals surface area contributed by atoms with Crippen LogP contribution in [0.5, 0.6) is 0 Å². The highest BCUT2D eigenvalue weighted by molar-refractivity contribution is 5.87. The van der Waals surface area contributed by atoms with E-state index in [2.05, 4.69) is 15.5 Å². The molecule has 0 radical (unpaired) electrons. The lowest BCUT2D eigenvalue weighted by molar-refractivity contribution is -0.138. The first-order chi connectivity index (χ1) is 7.46. The summed E-state index contributed by atoms with van der Waals surface area (Å²) in [5, 5.41) is 18.4. The number of carboxylic acids is 1. The van der Waals surface area contributed by atoms with Crippen LogP contribution in [0.1, 0.15) is 26.2 Å². The van der Waals surface area contributed by atoms with E-state index in [-0.39, 0.29) is 5.91 Å². The second-order valence-electron chi connectivity index (χ2n) is 3.92. The molecule has 4 N–H and O–H groups in total. The summed E-state index contributed by atoms with van der Waals surface area (Å²) >= 11 is 0. The molecule has 1 heterocycles. The molecule has 0 unspecified atom stereocenters. The van der Waals surface area contributed by atoms with Gasteiger partial charge < -0.3 is 16.2 Å². The molecule has 16 heavy (non-hydrogen) atoms. The van der Waals surface area contributed by atoms with E-state index >= 15 is 0 Å². The zero-order chi connectivity index (χ0) is 12.2. The zero-order valence-corrected chi connectivity index (χ0v) is 9.14. The third kappa shape index (κ3) is 3.58. The predicted octanol–water partition coefficient (Wildman–Crippen LogP) is -0.133. The Morgan fingerprint density at radius 2 is 2.06 bits per heavy atom. The van der Waals surface area contributed by atoms with Crippen molar-refractivity contribution in [2.45, 2.75) is 37.9 Å². The molecule has 7 nitrogen and oxygen atoms in total. The Morgan fingerprint density at radius 3 is 2.56 bits per heavy atom. The van der Waals surface area contributed by atoms with Gasteiger partial charge in [0.2, 0.25) is 0 Å². The highest BCUT2D eigenvalue weighted by atomic mass is 16.4. The van der Waals surface area contributed by atoms with Gasteiger partial charge in [0.15, 0.2) is 0 Å². The fraction of sp³-hybridized carbons (Fsp3) is 0.778. The average Bonchev–Trinajstić information content (AvgIpc) is 2.96. The highest BCUT2D eigenvalue weighted by Crippen LogP contribution is 2.26. The van der Waals surface area contributed by atoms with Crippen molar-refractivity contribution in [1.82, 2.24) is 5.32 Å². The summed E-state index contributed by atoms with van der Waals surface area (Å²) in [5.41, 5.74) is 4.44. The maximum Gasteiger partial charge on any atom is 0.320 e. The number of nitrogens with two attached hydrogens (primary N) is 1. The molecule has 7 heteroatoms. The third-order valence-electron chi connectivity index (χ3n) is 2.37. The Labute approximate surface area is 93.1 Å². The molecular formula is C9H16N4O3. The Bertz CT molecular complexity index is 310. The van der Waals surface area contributed by atoms with Crippen LogP contribution >= 0.6 is 0 Å².